The Morgan fingerprint density at radius 1 is 0.909 bits per heavy atom. The molecular weight excluding hydrogens is 436 g/mol. The van der Waals surface area contributed by atoms with Gasteiger partial charge in [0, 0.05) is 37.7 Å². The minimum atomic E-state index is -0.123. The molecule has 1 aliphatic rings. The van der Waals surface area contributed by atoms with Crippen LogP contribution in [0.1, 0.15) is 11.1 Å². The molecule has 1 amide bonds. The SMILES string of the molecule is O=C(CN1CCN(Cc2ccccc2Cl)CC1)N/N=C/c1cccc(Oc2ccccc2)c1. The second-order valence-electron chi connectivity index (χ2n) is 7.92. The zero-order valence-corrected chi connectivity index (χ0v) is 19.1. The summed E-state index contributed by atoms with van der Waals surface area (Å²) in [6, 6.07) is 25.1. The van der Waals surface area contributed by atoms with E-state index in [1.165, 1.54) is 0 Å². The summed E-state index contributed by atoms with van der Waals surface area (Å²) in [5.74, 6) is 1.36. The van der Waals surface area contributed by atoms with Crippen LogP contribution in [0.25, 0.3) is 0 Å². The van der Waals surface area contributed by atoms with Crippen LogP contribution in [0.2, 0.25) is 5.02 Å². The molecule has 3 aromatic carbocycles. The minimum Gasteiger partial charge on any atom is -0.457 e. The second-order valence-corrected chi connectivity index (χ2v) is 8.33. The lowest BCUT2D eigenvalue weighted by Crippen LogP contribution is -2.48. The van der Waals surface area contributed by atoms with E-state index in [9.17, 15) is 4.79 Å². The average molecular weight is 463 g/mol. The zero-order valence-electron chi connectivity index (χ0n) is 18.4. The van der Waals surface area contributed by atoms with Crippen LogP contribution in [0.5, 0.6) is 11.5 Å². The van der Waals surface area contributed by atoms with Crippen LogP contribution in [0.3, 0.4) is 0 Å². The Kier molecular flexibility index (Phi) is 8.09. The fraction of sp³-hybridized carbons (Fsp3) is 0.231. The molecule has 0 bridgehead atoms. The Morgan fingerprint density at radius 3 is 2.39 bits per heavy atom. The van der Waals surface area contributed by atoms with E-state index in [-0.39, 0.29) is 5.91 Å². The lowest BCUT2D eigenvalue weighted by Gasteiger charge is -2.34. The molecule has 3 aromatic rings. The number of piperazine rings is 1. The first kappa shape index (κ1) is 23.0. The molecule has 0 aliphatic carbocycles. The highest BCUT2D eigenvalue weighted by molar-refractivity contribution is 6.31. The highest BCUT2D eigenvalue weighted by Crippen LogP contribution is 2.21. The zero-order chi connectivity index (χ0) is 22.9. The number of nitrogens with zero attached hydrogens (tertiary/aromatic N) is 3. The van der Waals surface area contributed by atoms with E-state index in [2.05, 4.69) is 26.4 Å². The van der Waals surface area contributed by atoms with E-state index in [4.69, 9.17) is 16.3 Å². The molecule has 33 heavy (non-hydrogen) atoms. The molecule has 1 aliphatic heterocycles. The molecule has 0 radical (unpaired) electrons. The van der Waals surface area contributed by atoms with E-state index < -0.39 is 0 Å². The first-order valence-electron chi connectivity index (χ1n) is 11.0. The molecule has 6 nitrogen and oxygen atoms in total. The third-order valence-corrected chi connectivity index (χ3v) is 5.79. The van der Waals surface area contributed by atoms with Crippen molar-refractivity contribution in [3.05, 3.63) is 95.0 Å². The lowest BCUT2D eigenvalue weighted by atomic mass is 10.2. The second kappa shape index (κ2) is 11.6. The number of ether oxygens (including phenoxy) is 1. The molecule has 0 saturated carbocycles. The molecule has 1 fully saturated rings. The van der Waals surface area contributed by atoms with Crippen molar-refractivity contribution in [3.8, 4) is 11.5 Å². The van der Waals surface area contributed by atoms with Crippen molar-refractivity contribution in [2.75, 3.05) is 32.7 Å². The molecule has 7 heteroatoms. The molecule has 0 aromatic heterocycles. The topological polar surface area (TPSA) is 57.2 Å². The van der Waals surface area contributed by atoms with Crippen molar-refractivity contribution in [3.63, 3.8) is 0 Å². The Morgan fingerprint density at radius 2 is 1.61 bits per heavy atom. The lowest BCUT2D eigenvalue weighted by molar-refractivity contribution is -0.122. The molecule has 0 spiro atoms. The summed E-state index contributed by atoms with van der Waals surface area (Å²) in [4.78, 5) is 16.8. The van der Waals surface area contributed by atoms with E-state index >= 15 is 0 Å². The van der Waals surface area contributed by atoms with E-state index in [1.54, 1.807) is 6.21 Å². The van der Waals surface area contributed by atoms with E-state index in [0.29, 0.717) is 12.3 Å². The van der Waals surface area contributed by atoms with Gasteiger partial charge in [-0.3, -0.25) is 14.6 Å². The monoisotopic (exact) mass is 462 g/mol. The molecular formula is C26H27ClN4O2. The first-order valence-corrected chi connectivity index (χ1v) is 11.4. The quantitative estimate of drug-likeness (QED) is 0.398. The van der Waals surface area contributed by atoms with Gasteiger partial charge in [-0.1, -0.05) is 60.1 Å². The summed E-state index contributed by atoms with van der Waals surface area (Å²) in [6.45, 7) is 4.62. The van der Waals surface area contributed by atoms with Crippen molar-refractivity contribution in [2.45, 2.75) is 6.54 Å². The van der Waals surface area contributed by atoms with E-state index in [1.807, 2.05) is 72.8 Å². The molecule has 0 atom stereocenters. The van der Waals surface area contributed by atoms with Crippen molar-refractivity contribution < 1.29 is 9.53 Å². The Balaban J connectivity index is 1.20. The summed E-state index contributed by atoms with van der Waals surface area (Å²) in [5, 5.41) is 4.90. The number of para-hydroxylation sites is 1. The van der Waals surface area contributed by atoms with Crippen molar-refractivity contribution >= 4 is 23.7 Å². The van der Waals surface area contributed by atoms with Gasteiger partial charge in [0.05, 0.1) is 12.8 Å². The maximum atomic E-state index is 12.3. The highest BCUT2D eigenvalue weighted by Gasteiger charge is 2.19. The van der Waals surface area contributed by atoms with Crippen molar-refractivity contribution in [1.82, 2.24) is 15.2 Å². The number of carbonyl (C=O) groups excluding carboxylic acids is 1. The van der Waals surface area contributed by atoms with Gasteiger partial charge in [0.1, 0.15) is 11.5 Å². The fourth-order valence-electron chi connectivity index (χ4n) is 3.67. The van der Waals surface area contributed by atoms with Gasteiger partial charge < -0.3 is 4.74 Å². The Bertz CT molecular complexity index is 1080. The molecule has 170 valence electrons. The number of rotatable bonds is 8. The maximum Gasteiger partial charge on any atom is 0.254 e. The van der Waals surface area contributed by atoms with Gasteiger partial charge in [-0.15, -0.1) is 0 Å². The van der Waals surface area contributed by atoms with Crippen LogP contribution in [0, 0.1) is 0 Å². The summed E-state index contributed by atoms with van der Waals surface area (Å²) in [7, 11) is 0. The summed E-state index contributed by atoms with van der Waals surface area (Å²) in [6.07, 6.45) is 1.62. The van der Waals surface area contributed by atoms with Crippen LogP contribution in [0.15, 0.2) is 84.0 Å². The van der Waals surface area contributed by atoms with Gasteiger partial charge >= 0.3 is 0 Å². The first-order chi connectivity index (χ1) is 16.2. The van der Waals surface area contributed by atoms with Gasteiger partial charge in [-0.2, -0.15) is 5.10 Å². The van der Waals surface area contributed by atoms with Crippen molar-refractivity contribution in [1.29, 1.82) is 0 Å². The number of hydrogen-bond acceptors (Lipinski definition) is 5. The number of halogens is 1. The smallest absolute Gasteiger partial charge is 0.254 e. The average Bonchev–Trinajstić information content (AvgIpc) is 2.83. The summed E-state index contributed by atoms with van der Waals surface area (Å²) in [5.41, 5.74) is 4.60. The van der Waals surface area contributed by atoms with Crippen LogP contribution in [-0.4, -0.2) is 54.6 Å². The Hall–Kier alpha value is -3.19. The molecule has 4 rings (SSSR count). The highest BCUT2D eigenvalue weighted by atomic mass is 35.5. The predicted octanol–water partition coefficient (Wildman–Crippen LogP) is 4.40. The van der Waals surface area contributed by atoms with Gasteiger partial charge in [0.15, 0.2) is 0 Å². The standard InChI is InChI=1S/C26H27ClN4O2/c27-25-12-5-4-8-22(25)19-30-13-15-31(16-14-30)20-26(32)29-28-18-21-7-6-11-24(17-21)33-23-9-2-1-3-10-23/h1-12,17-18H,13-16,19-20H2,(H,29,32)/b28-18+. The number of carbonyl (C=O) groups is 1. The minimum absolute atomic E-state index is 0.123. The van der Waals surface area contributed by atoms with Crippen LogP contribution >= 0.6 is 11.6 Å². The Labute approximate surface area is 199 Å². The number of amides is 1. The molecule has 1 N–H and O–H groups in total. The van der Waals surface area contributed by atoms with Gasteiger partial charge in [-0.25, -0.2) is 5.43 Å². The number of hydrogen-bond donors (Lipinski definition) is 1. The normalized spacial score (nSPS) is 14.9. The maximum absolute atomic E-state index is 12.3. The van der Waals surface area contributed by atoms with Gasteiger partial charge in [-0.05, 0) is 41.5 Å². The van der Waals surface area contributed by atoms with Crippen LogP contribution < -0.4 is 10.2 Å². The fourth-order valence-corrected chi connectivity index (χ4v) is 3.87. The van der Waals surface area contributed by atoms with Crippen LogP contribution in [-0.2, 0) is 11.3 Å². The predicted molar refractivity (Wildman–Crippen MR) is 132 cm³/mol. The number of benzene rings is 3. The van der Waals surface area contributed by atoms with Gasteiger partial charge in [0.2, 0.25) is 0 Å². The number of hydrazone groups is 1. The molecule has 1 saturated heterocycles. The van der Waals surface area contributed by atoms with Gasteiger partial charge in [0.25, 0.3) is 5.91 Å². The van der Waals surface area contributed by atoms with Crippen molar-refractivity contribution in [2.24, 2.45) is 5.10 Å². The summed E-state index contributed by atoms with van der Waals surface area (Å²) >= 11 is 6.27. The third-order valence-electron chi connectivity index (χ3n) is 5.42. The molecule has 0 unspecified atom stereocenters. The molecule has 1 heterocycles. The van der Waals surface area contributed by atoms with E-state index in [0.717, 1.165) is 54.6 Å². The largest absolute Gasteiger partial charge is 0.457 e. The third kappa shape index (κ3) is 7.15. The van der Waals surface area contributed by atoms with Crippen LogP contribution in [0.4, 0.5) is 0 Å². The number of nitrogens with one attached hydrogen (secondary N) is 1. The summed E-state index contributed by atoms with van der Waals surface area (Å²) < 4.78 is 5.83.